The highest BCUT2D eigenvalue weighted by Crippen LogP contribution is 2.07. The van der Waals surface area contributed by atoms with Gasteiger partial charge in [0.2, 0.25) is 0 Å². The molecule has 0 aliphatic carbocycles. The largest absolute Gasteiger partial charge is 0.328 e. The van der Waals surface area contributed by atoms with Crippen molar-refractivity contribution in [1.29, 1.82) is 0 Å². The second-order valence-electron chi connectivity index (χ2n) is 3.40. The van der Waals surface area contributed by atoms with Gasteiger partial charge >= 0.3 is 0 Å². The van der Waals surface area contributed by atoms with Crippen LogP contribution in [-0.4, -0.2) is 6.04 Å². The first kappa shape index (κ1) is 19.2. The van der Waals surface area contributed by atoms with Crippen LogP contribution in [-0.2, 0) is 0 Å². The normalized spacial score (nSPS) is 11.3. The van der Waals surface area contributed by atoms with Crippen LogP contribution in [0.15, 0.2) is 0 Å². The molecule has 0 aliphatic rings. The van der Waals surface area contributed by atoms with Crippen molar-refractivity contribution < 1.29 is 0 Å². The van der Waals surface area contributed by atoms with Crippen LogP contribution in [0.5, 0.6) is 0 Å². The predicted octanol–water partition coefficient (Wildman–Crippen LogP) is 3.93. The average Bonchev–Trinajstić information content (AvgIpc) is 1.99. The molecule has 0 heterocycles. The van der Waals surface area contributed by atoms with Crippen LogP contribution in [0.1, 0.15) is 58.8 Å². The number of halogens is 2. The minimum absolute atomic E-state index is 0. The van der Waals surface area contributed by atoms with Crippen molar-refractivity contribution in [3.05, 3.63) is 0 Å². The highest BCUT2D eigenvalue weighted by molar-refractivity contribution is 5.85. The maximum atomic E-state index is 5.87. The summed E-state index contributed by atoms with van der Waals surface area (Å²) in [6, 6.07) is 0.469. The Morgan fingerprint density at radius 1 is 0.846 bits per heavy atom. The van der Waals surface area contributed by atoms with Crippen molar-refractivity contribution in [1.82, 2.24) is 0 Å². The molecule has 0 aliphatic heterocycles. The standard InChI is InChI=1S/C10H23N.2ClH/c1-3-5-6-7-9-10(11)8-4-2;;/h10H,3-9,11H2,1-2H3;2*1H. The predicted molar refractivity (Wildman–Crippen MR) is 66.1 cm³/mol. The molecular weight excluding hydrogens is 205 g/mol. The van der Waals surface area contributed by atoms with E-state index in [9.17, 15) is 0 Å². The van der Waals surface area contributed by atoms with Crippen molar-refractivity contribution in [2.75, 3.05) is 0 Å². The van der Waals surface area contributed by atoms with Gasteiger partial charge < -0.3 is 5.73 Å². The second-order valence-corrected chi connectivity index (χ2v) is 3.40. The Hall–Kier alpha value is 0.540. The van der Waals surface area contributed by atoms with Gasteiger partial charge in [-0.25, -0.2) is 0 Å². The van der Waals surface area contributed by atoms with Crippen molar-refractivity contribution in [2.45, 2.75) is 64.8 Å². The summed E-state index contributed by atoms with van der Waals surface area (Å²) in [4.78, 5) is 0. The molecule has 0 bridgehead atoms. The van der Waals surface area contributed by atoms with Crippen LogP contribution >= 0.6 is 24.8 Å². The molecule has 0 amide bonds. The Labute approximate surface area is 95.7 Å². The molecule has 0 spiro atoms. The number of hydrogen-bond donors (Lipinski definition) is 1. The number of unbranched alkanes of at least 4 members (excludes halogenated alkanes) is 3. The Bertz CT molecular complexity index is 79.3. The van der Waals surface area contributed by atoms with Gasteiger partial charge in [0, 0.05) is 6.04 Å². The van der Waals surface area contributed by atoms with Gasteiger partial charge in [0.05, 0.1) is 0 Å². The number of hydrogen-bond acceptors (Lipinski definition) is 1. The van der Waals surface area contributed by atoms with Gasteiger partial charge in [-0.1, -0.05) is 46.0 Å². The molecule has 0 aromatic heterocycles. The summed E-state index contributed by atoms with van der Waals surface area (Å²) in [6.45, 7) is 4.44. The van der Waals surface area contributed by atoms with Crippen LogP contribution in [0.4, 0.5) is 0 Å². The zero-order chi connectivity index (χ0) is 8.53. The summed E-state index contributed by atoms with van der Waals surface area (Å²) in [5.41, 5.74) is 5.87. The van der Waals surface area contributed by atoms with Crippen molar-refractivity contribution in [3.8, 4) is 0 Å². The molecule has 0 aromatic carbocycles. The van der Waals surface area contributed by atoms with E-state index < -0.39 is 0 Å². The smallest absolute Gasteiger partial charge is 0.00387 e. The number of rotatable bonds is 7. The molecule has 1 atom stereocenters. The van der Waals surface area contributed by atoms with Gasteiger partial charge in [-0.2, -0.15) is 0 Å². The van der Waals surface area contributed by atoms with Gasteiger partial charge in [0.1, 0.15) is 0 Å². The van der Waals surface area contributed by atoms with Crippen LogP contribution in [0.2, 0.25) is 0 Å². The zero-order valence-electron chi connectivity index (χ0n) is 8.92. The first-order valence-corrected chi connectivity index (χ1v) is 5.06. The summed E-state index contributed by atoms with van der Waals surface area (Å²) in [7, 11) is 0. The molecule has 3 heteroatoms. The molecule has 0 saturated heterocycles. The van der Waals surface area contributed by atoms with Crippen molar-refractivity contribution >= 4 is 24.8 Å². The van der Waals surface area contributed by atoms with Crippen molar-refractivity contribution in [2.24, 2.45) is 5.73 Å². The van der Waals surface area contributed by atoms with Crippen LogP contribution in [0.3, 0.4) is 0 Å². The first-order valence-electron chi connectivity index (χ1n) is 5.06. The molecule has 2 N–H and O–H groups in total. The third kappa shape index (κ3) is 15.3. The summed E-state index contributed by atoms with van der Waals surface area (Å²) < 4.78 is 0. The van der Waals surface area contributed by atoms with Gasteiger partial charge in [-0.15, -0.1) is 24.8 Å². The van der Waals surface area contributed by atoms with Gasteiger partial charge in [-0.3, -0.25) is 0 Å². The van der Waals surface area contributed by atoms with E-state index in [0.717, 1.165) is 0 Å². The molecule has 0 saturated carbocycles. The maximum absolute atomic E-state index is 5.87. The molecule has 0 radical (unpaired) electrons. The SMILES string of the molecule is CCCCCCC(N)CCC.Cl.Cl. The van der Waals surface area contributed by atoms with Crippen LogP contribution < -0.4 is 5.73 Å². The fourth-order valence-corrected chi connectivity index (χ4v) is 1.35. The molecule has 0 fully saturated rings. The van der Waals surface area contributed by atoms with Crippen molar-refractivity contribution in [3.63, 3.8) is 0 Å². The van der Waals surface area contributed by atoms with Gasteiger partial charge in [0.15, 0.2) is 0 Å². The summed E-state index contributed by atoms with van der Waals surface area (Å²) in [5.74, 6) is 0. The first-order chi connectivity index (χ1) is 5.31. The van der Waals surface area contributed by atoms with E-state index in [1.165, 1.54) is 44.9 Å². The minimum atomic E-state index is 0. The lowest BCUT2D eigenvalue weighted by Gasteiger charge is -2.08. The monoisotopic (exact) mass is 229 g/mol. The van der Waals surface area contributed by atoms with Crippen LogP contribution in [0, 0.1) is 0 Å². The fourth-order valence-electron chi connectivity index (χ4n) is 1.35. The quantitative estimate of drug-likeness (QED) is 0.659. The third-order valence-electron chi connectivity index (χ3n) is 2.09. The third-order valence-corrected chi connectivity index (χ3v) is 2.09. The molecule has 1 unspecified atom stereocenters. The zero-order valence-corrected chi connectivity index (χ0v) is 10.6. The Morgan fingerprint density at radius 3 is 1.92 bits per heavy atom. The minimum Gasteiger partial charge on any atom is -0.328 e. The van der Waals surface area contributed by atoms with E-state index in [0.29, 0.717) is 6.04 Å². The maximum Gasteiger partial charge on any atom is 0.00387 e. The van der Waals surface area contributed by atoms with E-state index in [2.05, 4.69) is 13.8 Å². The summed E-state index contributed by atoms with van der Waals surface area (Å²) >= 11 is 0. The summed E-state index contributed by atoms with van der Waals surface area (Å²) in [5, 5.41) is 0. The molecule has 13 heavy (non-hydrogen) atoms. The number of nitrogens with two attached hydrogens (primary N) is 1. The highest BCUT2D eigenvalue weighted by atomic mass is 35.5. The van der Waals surface area contributed by atoms with Crippen LogP contribution in [0.25, 0.3) is 0 Å². The summed E-state index contributed by atoms with van der Waals surface area (Å²) in [6.07, 6.45) is 9.06. The average molecular weight is 230 g/mol. The van der Waals surface area contributed by atoms with E-state index >= 15 is 0 Å². The molecule has 84 valence electrons. The Balaban J connectivity index is -0.000000500. The molecular formula is C10H25Cl2N. The van der Waals surface area contributed by atoms with E-state index in [4.69, 9.17) is 5.73 Å². The van der Waals surface area contributed by atoms with E-state index in [1.54, 1.807) is 0 Å². The van der Waals surface area contributed by atoms with Gasteiger partial charge in [0.25, 0.3) is 0 Å². The highest BCUT2D eigenvalue weighted by Gasteiger charge is 1.99. The molecule has 0 rings (SSSR count). The lowest BCUT2D eigenvalue weighted by molar-refractivity contribution is 0.517. The topological polar surface area (TPSA) is 26.0 Å². The lowest BCUT2D eigenvalue weighted by atomic mass is 10.0. The van der Waals surface area contributed by atoms with E-state index in [1.807, 2.05) is 0 Å². The molecule has 0 aromatic rings. The lowest BCUT2D eigenvalue weighted by Crippen LogP contribution is -2.18. The van der Waals surface area contributed by atoms with Gasteiger partial charge in [-0.05, 0) is 12.8 Å². The molecule has 1 nitrogen and oxygen atoms in total. The fraction of sp³-hybridized carbons (Fsp3) is 1.00. The van der Waals surface area contributed by atoms with E-state index in [-0.39, 0.29) is 24.8 Å². The Morgan fingerprint density at radius 2 is 1.46 bits per heavy atom. The Kier molecular flexibility index (Phi) is 22.2. The second kappa shape index (κ2) is 15.0.